The van der Waals surface area contributed by atoms with E-state index >= 15 is 0 Å². The molecular weight excluding hydrogens is 172 g/mol. The summed E-state index contributed by atoms with van der Waals surface area (Å²) in [7, 11) is 1.25. The van der Waals surface area contributed by atoms with Crippen LogP contribution in [0.25, 0.3) is 0 Å². The van der Waals surface area contributed by atoms with Gasteiger partial charge in [-0.05, 0) is 18.9 Å². The molecule has 1 atom stereocenters. The maximum absolute atomic E-state index is 11.3. The summed E-state index contributed by atoms with van der Waals surface area (Å²) in [4.78, 5) is 22.6. The average Bonchev–Trinajstić information content (AvgIpc) is 2.10. The molecule has 0 spiro atoms. The lowest BCUT2D eigenvalue weighted by molar-refractivity contribution is -0.171. The fourth-order valence-electron chi connectivity index (χ4n) is 1.33. The van der Waals surface area contributed by atoms with Gasteiger partial charge in [-0.3, -0.25) is 9.59 Å². The van der Waals surface area contributed by atoms with Crippen molar-refractivity contribution in [2.24, 2.45) is 5.41 Å². The number of cyclic esters (lactones) is 1. The van der Waals surface area contributed by atoms with Crippen LogP contribution in [0.4, 0.5) is 0 Å². The van der Waals surface area contributed by atoms with Gasteiger partial charge in [0.15, 0.2) is 5.41 Å². The van der Waals surface area contributed by atoms with Crippen molar-refractivity contribution in [3.05, 3.63) is 12.2 Å². The Morgan fingerprint density at radius 3 is 2.85 bits per heavy atom. The third kappa shape index (κ3) is 1.56. The Morgan fingerprint density at radius 2 is 2.31 bits per heavy atom. The van der Waals surface area contributed by atoms with Gasteiger partial charge in [-0.2, -0.15) is 0 Å². The normalized spacial score (nSPS) is 28.2. The SMILES string of the molecule is C=C1COC(=O)C(C)(C(=O)OC)C1. The summed E-state index contributed by atoms with van der Waals surface area (Å²) in [6.45, 7) is 5.38. The predicted molar refractivity (Wildman–Crippen MR) is 44.8 cm³/mol. The second kappa shape index (κ2) is 3.20. The van der Waals surface area contributed by atoms with Crippen molar-refractivity contribution in [2.75, 3.05) is 13.7 Å². The zero-order valence-electron chi connectivity index (χ0n) is 7.75. The molecule has 0 aromatic carbocycles. The van der Waals surface area contributed by atoms with Crippen molar-refractivity contribution in [3.63, 3.8) is 0 Å². The first kappa shape index (κ1) is 9.77. The van der Waals surface area contributed by atoms with E-state index in [1.165, 1.54) is 14.0 Å². The number of carbonyl (C=O) groups excluding carboxylic acids is 2. The Balaban J connectivity index is 2.90. The summed E-state index contributed by atoms with van der Waals surface area (Å²) in [5, 5.41) is 0. The van der Waals surface area contributed by atoms with E-state index in [2.05, 4.69) is 11.3 Å². The molecule has 1 heterocycles. The number of methoxy groups -OCH3 is 1. The molecule has 0 N–H and O–H groups in total. The highest BCUT2D eigenvalue weighted by molar-refractivity contribution is 6.00. The number of ether oxygens (including phenoxy) is 2. The Labute approximate surface area is 76.5 Å². The van der Waals surface area contributed by atoms with Crippen molar-refractivity contribution < 1.29 is 19.1 Å². The van der Waals surface area contributed by atoms with E-state index < -0.39 is 17.4 Å². The molecule has 0 aliphatic carbocycles. The van der Waals surface area contributed by atoms with Crippen LogP contribution in [0.2, 0.25) is 0 Å². The van der Waals surface area contributed by atoms with Crippen molar-refractivity contribution >= 4 is 11.9 Å². The molecule has 0 aromatic heterocycles. The highest BCUT2D eigenvalue weighted by atomic mass is 16.6. The van der Waals surface area contributed by atoms with Gasteiger partial charge < -0.3 is 9.47 Å². The molecular formula is C9H12O4. The maximum Gasteiger partial charge on any atom is 0.323 e. The lowest BCUT2D eigenvalue weighted by Gasteiger charge is -2.29. The van der Waals surface area contributed by atoms with Crippen molar-refractivity contribution in [1.29, 1.82) is 0 Å². The summed E-state index contributed by atoms with van der Waals surface area (Å²) in [5.74, 6) is -1.11. The highest BCUT2D eigenvalue weighted by Crippen LogP contribution is 2.32. The first-order valence-electron chi connectivity index (χ1n) is 3.93. The van der Waals surface area contributed by atoms with E-state index in [0.29, 0.717) is 6.42 Å². The fraction of sp³-hybridized carbons (Fsp3) is 0.556. The van der Waals surface area contributed by atoms with Gasteiger partial charge in [0.1, 0.15) is 6.61 Å². The number of rotatable bonds is 1. The Hall–Kier alpha value is -1.32. The third-order valence-corrected chi connectivity index (χ3v) is 2.10. The maximum atomic E-state index is 11.3. The minimum atomic E-state index is -1.20. The number of hydrogen-bond donors (Lipinski definition) is 0. The van der Waals surface area contributed by atoms with Gasteiger partial charge in [-0.1, -0.05) is 6.58 Å². The molecule has 4 heteroatoms. The molecule has 0 radical (unpaired) electrons. The van der Waals surface area contributed by atoms with Crippen molar-refractivity contribution in [1.82, 2.24) is 0 Å². The smallest absolute Gasteiger partial charge is 0.323 e. The van der Waals surface area contributed by atoms with Crippen molar-refractivity contribution in [3.8, 4) is 0 Å². The number of carbonyl (C=O) groups is 2. The van der Waals surface area contributed by atoms with Crippen LogP contribution >= 0.6 is 0 Å². The first-order valence-corrected chi connectivity index (χ1v) is 3.93. The quantitative estimate of drug-likeness (QED) is 0.341. The number of hydrogen-bond acceptors (Lipinski definition) is 4. The van der Waals surface area contributed by atoms with E-state index in [4.69, 9.17) is 4.74 Å². The van der Waals surface area contributed by atoms with Crippen LogP contribution in [0.15, 0.2) is 12.2 Å². The summed E-state index contributed by atoms with van der Waals surface area (Å²) in [6.07, 6.45) is 0.304. The summed E-state index contributed by atoms with van der Waals surface area (Å²) in [5.41, 5.74) is -0.475. The molecule has 0 bridgehead atoms. The summed E-state index contributed by atoms with van der Waals surface area (Å²) < 4.78 is 9.32. The Bertz CT molecular complexity index is 259. The molecule has 72 valence electrons. The first-order chi connectivity index (χ1) is 6.00. The Morgan fingerprint density at radius 1 is 1.69 bits per heavy atom. The molecule has 0 amide bonds. The molecule has 1 aliphatic heterocycles. The lowest BCUT2D eigenvalue weighted by atomic mass is 9.82. The van der Waals surface area contributed by atoms with Crippen LogP contribution in [0, 0.1) is 5.41 Å². The second-order valence-corrected chi connectivity index (χ2v) is 3.33. The van der Waals surface area contributed by atoms with Crippen LogP contribution in [0.5, 0.6) is 0 Å². The third-order valence-electron chi connectivity index (χ3n) is 2.10. The minimum Gasteiger partial charge on any atom is -0.468 e. The van der Waals surface area contributed by atoms with Gasteiger partial charge in [0.25, 0.3) is 0 Å². The zero-order chi connectivity index (χ0) is 10.1. The van der Waals surface area contributed by atoms with Crippen molar-refractivity contribution in [2.45, 2.75) is 13.3 Å². The molecule has 1 rings (SSSR count). The van der Waals surface area contributed by atoms with Gasteiger partial charge in [0, 0.05) is 0 Å². The lowest BCUT2D eigenvalue weighted by Crippen LogP contribution is -2.42. The van der Waals surface area contributed by atoms with E-state index in [1.54, 1.807) is 0 Å². The molecule has 1 aliphatic rings. The Kier molecular flexibility index (Phi) is 2.40. The number of esters is 2. The van der Waals surface area contributed by atoms with Gasteiger partial charge in [-0.15, -0.1) is 0 Å². The van der Waals surface area contributed by atoms with Gasteiger partial charge in [0.2, 0.25) is 0 Å². The second-order valence-electron chi connectivity index (χ2n) is 3.33. The minimum absolute atomic E-state index is 0.200. The van der Waals surface area contributed by atoms with E-state index in [1.807, 2.05) is 0 Å². The largest absolute Gasteiger partial charge is 0.468 e. The zero-order valence-corrected chi connectivity index (χ0v) is 7.75. The van der Waals surface area contributed by atoms with Crippen LogP contribution in [0.1, 0.15) is 13.3 Å². The standard InChI is InChI=1S/C9H12O4/c1-6-4-9(2,7(10)12-3)8(11)13-5-6/h1,4-5H2,2-3H3. The average molecular weight is 184 g/mol. The molecule has 1 fully saturated rings. The van der Waals surface area contributed by atoms with Crippen LogP contribution in [0.3, 0.4) is 0 Å². The predicted octanol–water partition coefficient (Wildman–Crippen LogP) is 0.669. The topological polar surface area (TPSA) is 52.6 Å². The van der Waals surface area contributed by atoms with Crippen LogP contribution in [-0.4, -0.2) is 25.7 Å². The highest BCUT2D eigenvalue weighted by Gasteiger charge is 2.46. The van der Waals surface area contributed by atoms with Gasteiger partial charge >= 0.3 is 11.9 Å². The summed E-state index contributed by atoms with van der Waals surface area (Å²) in [6, 6.07) is 0. The van der Waals surface area contributed by atoms with Crippen LogP contribution in [-0.2, 0) is 19.1 Å². The van der Waals surface area contributed by atoms with E-state index in [9.17, 15) is 9.59 Å². The molecule has 1 saturated heterocycles. The van der Waals surface area contributed by atoms with E-state index in [0.717, 1.165) is 5.57 Å². The monoisotopic (exact) mass is 184 g/mol. The molecule has 1 unspecified atom stereocenters. The summed E-state index contributed by atoms with van der Waals surface area (Å²) >= 11 is 0. The van der Waals surface area contributed by atoms with E-state index in [-0.39, 0.29) is 6.61 Å². The van der Waals surface area contributed by atoms with Gasteiger partial charge in [-0.25, -0.2) is 0 Å². The fourth-order valence-corrected chi connectivity index (χ4v) is 1.33. The molecule has 4 nitrogen and oxygen atoms in total. The van der Waals surface area contributed by atoms with Crippen LogP contribution < -0.4 is 0 Å². The molecule has 13 heavy (non-hydrogen) atoms. The molecule has 0 saturated carbocycles. The molecule has 0 aromatic rings. The van der Waals surface area contributed by atoms with Gasteiger partial charge in [0.05, 0.1) is 7.11 Å².